The van der Waals surface area contributed by atoms with E-state index >= 15 is 0 Å². The van der Waals surface area contributed by atoms with Gasteiger partial charge in [0.25, 0.3) is 5.91 Å². The predicted molar refractivity (Wildman–Crippen MR) is 76.8 cm³/mol. The van der Waals surface area contributed by atoms with E-state index in [1.807, 2.05) is 0 Å². The number of hydrogen-bond acceptors (Lipinski definition) is 5. The highest BCUT2D eigenvalue weighted by Gasteiger charge is 2.09. The van der Waals surface area contributed by atoms with E-state index in [0.29, 0.717) is 24.7 Å². The first-order valence-corrected chi connectivity index (χ1v) is 6.31. The van der Waals surface area contributed by atoms with Crippen LogP contribution in [0.25, 0.3) is 0 Å². The summed E-state index contributed by atoms with van der Waals surface area (Å²) < 4.78 is 18.0. The average Bonchev–Trinajstić information content (AvgIpc) is 2.48. The predicted octanol–water partition coefficient (Wildman–Crippen LogP) is 1.93. The van der Waals surface area contributed by atoms with Crippen molar-refractivity contribution in [2.45, 2.75) is 0 Å². The minimum Gasteiger partial charge on any atom is -0.383 e. The van der Waals surface area contributed by atoms with Crippen LogP contribution in [-0.2, 0) is 4.74 Å². The molecule has 7 heteroatoms. The molecular weight excluding hydrogens is 275 g/mol. The zero-order chi connectivity index (χ0) is 15.1. The van der Waals surface area contributed by atoms with Crippen molar-refractivity contribution >= 4 is 17.4 Å². The lowest BCUT2D eigenvalue weighted by Gasteiger charge is -2.07. The summed E-state index contributed by atoms with van der Waals surface area (Å²) in [4.78, 5) is 19.9. The second-order valence-corrected chi connectivity index (χ2v) is 4.17. The van der Waals surface area contributed by atoms with Crippen LogP contribution in [-0.4, -0.2) is 36.1 Å². The van der Waals surface area contributed by atoms with Crippen LogP contribution in [0.5, 0.6) is 0 Å². The lowest BCUT2D eigenvalue weighted by molar-refractivity contribution is 0.102. The molecule has 0 unspecified atom stereocenters. The Labute approximate surface area is 121 Å². The SMILES string of the molecule is COCCNc1cc(C(=O)Nc2cccc(F)c2)ncn1. The number of nitrogens with one attached hydrogen (secondary N) is 2. The quantitative estimate of drug-likeness (QED) is 0.795. The molecule has 0 aliphatic rings. The number of methoxy groups -OCH3 is 1. The van der Waals surface area contributed by atoms with E-state index in [0.717, 1.165) is 0 Å². The molecule has 6 nitrogen and oxygen atoms in total. The van der Waals surface area contributed by atoms with Crippen LogP contribution in [0.3, 0.4) is 0 Å². The number of benzene rings is 1. The van der Waals surface area contributed by atoms with Crippen molar-refractivity contribution in [2.24, 2.45) is 0 Å². The molecule has 0 saturated carbocycles. The van der Waals surface area contributed by atoms with E-state index in [9.17, 15) is 9.18 Å². The molecule has 1 aromatic heterocycles. The number of nitrogens with zero attached hydrogens (tertiary/aromatic N) is 2. The van der Waals surface area contributed by atoms with Crippen molar-refractivity contribution in [3.05, 3.63) is 48.2 Å². The molecule has 110 valence electrons. The molecule has 0 radical (unpaired) electrons. The molecule has 0 spiro atoms. The third-order valence-electron chi connectivity index (χ3n) is 2.59. The highest BCUT2D eigenvalue weighted by atomic mass is 19.1. The minimum absolute atomic E-state index is 0.189. The summed E-state index contributed by atoms with van der Waals surface area (Å²) in [6.45, 7) is 1.09. The van der Waals surface area contributed by atoms with E-state index in [1.54, 1.807) is 13.2 Å². The summed E-state index contributed by atoms with van der Waals surface area (Å²) in [7, 11) is 1.60. The van der Waals surface area contributed by atoms with Crippen LogP contribution in [0, 0.1) is 5.82 Å². The van der Waals surface area contributed by atoms with Gasteiger partial charge in [0.2, 0.25) is 0 Å². The Morgan fingerprint density at radius 2 is 2.19 bits per heavy atom. The van der Waals surface area contributed by atoms with Crippen molar-refractivity contribution in [1.29, 1.82) is 0 Å². The van der Waals surface area contributed by atoms with Crippen molar-refractivity contribution in [2.75, 3.05) is 30.9 Å². The third kappa shape index (κ3) is 4.50. The molecule has 0 bridgehead atoms. The fourth-order valence-electron chi connectivity index (χ4n) is 1.62. The average molecular weight is 290 g/mol. The Morgan fingerprint density at radius 3 is 2.95 bits per heavy atom. The Balaban J connectivity index is 2.03. The summed E-state index contributed by atoms with van der Waals surface area (Å²) in [5, 5.41) is 5.57. The second kappa shape index (κ2) is 7.30. The van der Waals surface area contributed by atoms with Crippen LogP contribution < -0.4 is 10.6 Å². The Morgan fingerprint density at radius 1 is 1.33 bits per heavy atom. The molecule has 1 heterocycles. The van der Waals surface area contributed by atoms with Gasteiger partial charge in [0, 0.05) is 25.4 Å². The summed E-state index contributed by atoms with van der Waals surface area (Å²) >= 11 is 0. The topological polar surface area (TPSA) is 76.1 Å². The second-order valence-electron chi connectivity index (χ2n) is 4.17. The minimum atomic E-state index is -0.433. The number of rotatable bonds is 6. The van der Waals surface area contributed by atoms with Crippen LogP contribution in [0.4, 0.5) is 15.9 Å². The number of hydrogen-bond donors (Lipinski definition) is 2. The van der Waals surface area contributed by atoms with Gasteiger partial charge in [-0.05, 0) is 18.2 Å². The standard InChI is InChI=1S/C14H15FN4O2/c1-21-6-5-16-13-8-12(17-9-18-13)14(20)19-11-4-2-3-10(15)7-11/h2-4,7-9H,5-6H2,1H3,(H,19,20)(H,16,17,18). The molecular formula is C14H15FN4O2. The Kier molecular flexibility index (Phi) is 5.16. The highest BCUT2D eigenvalue weighted by molar-refractivity contribution is 6.03. The van der Waals surface area contributed by atoms with Crippen molar-refractivity contribution in [3.63, 3.8) is 0 Å². The van der Waals surface area contributed by atoms with Gasteiger partial charge in [-0.1, -0.05) is 6.07 Å². The zero-order valence-electron chi connectivity index (χ0n) is 11.5. The number of anilines is 2. The van der Waals surface area contributed by atoms with Gasteiger partial charge in [0.1, 0.15) is 23.7 Å². The van der Waals surface area contributed by atoms with Gasteiger partial charge in [-0.3, -0.25) is 4.79 Å². The first-order valence-electron chi connectivity index (χ1n) is 6.31. The number of amides is 1. The molecule has 0 fully saturated rings. The van der Waals surface area contributed by atoms with Crippen LogP contribution in [0.2, 0.25) is 0 Å². The maximum absolute atomic E-state index is 13.1. The van der Waals surface area contributed by atoms with Crippen LogP contribution in [0.1, 0.15) is 10.5 Å². The molecule has 0 saturated heterocycles. The summed E-state index contributed by atoms with van der Waals surface area (Å²) in [5.41, 5.74) is 0.557. The van der Waals surface area contributed by atoms with Gasteiger partial charge in [-0.25, -0.2) is 14.4 Å². The van der Waals surface area contributed by atoms with Gasteiger partial charge in [-0.15, -0.1) is 0 Å². The monoisotopic (exact) mass is 290 g/mol. The van der Waals surface area contributed by atoms with Gasteiger partial charge in [0.15, 0.2) is 0 Å². The number of ether oxygens (including phenoxy) is 1. The van der Waals surface area contributed by atoms with E-state index in [2.05, 4.69) is 20.6 Å². The van der Waals surface area contributed by atoms with Crippen molar-refractivity contribution < 1.29 is 13.9 Å². The summed E-state index contributed by atoms with van der Waals surface area (Å²) in [6, 6.07) is 7.17. The van der Waals surface area contributed by atoms with E-state index in [4.69, 9.17) is 4.74 Å². The molecule has 0 aliphatic heterocycles. The maximum Gasteiger partial charge on any atom is 0.274 e. The molecule has 1 aromatic carbocycles. The third-order valence-corrected chi connectivity index (χ3v) is 2.59. The number of halogens is 1. The molecule has 2 N–H and O–H groups in total. The van der Waals surface area contributed by atoms with Gasteiger partial charge >= 0.3 is 0 Å². The van der Waals surface area contributed by atoms with Crippen molar-refractivity contribution in [1.82, 2.24) is 9.97 Å². The number of carbonyl (C=O) groups is 1. The fraction of sp³-hybridized carbons (Fsp3) is 0.214. The number of carbonyl (C=O) groups excluding carboxylic acids is 1. The Hall–Kier alpha value is -2.54. The van der Waals surface area contributed by atoms with E-state index in [-0.39, 0.29) is 5.69 Å². The molecule has 2 aromatic rings. The largest absolute Gasteiger partial charge is 0.383 e. The summed E-state index contributed by atoms with van der Waals surface area (Å²) in [5.74, 6) is -0.332. The fourth-order valence-corrected chi connectivity index (χ4v) is 1.62. The van der Waals surface area contributed by atoms with Crippen LogP contribution >= 0.6 is 0 Å². The highest BCUT2D eigenvalue weighted by Crippen LogP contribution is 2.11. The van der Waals surface area contributed by atoms with E-state index in [1.165, 1.54) is 30.6 Å². The zero-order valence-corrected chi connectivity index (χ0v) is 11.5. The number of aromatic nitrogens is 2. The van der Waals surface area contributed by atoms with Gasteiger partial charge in [0.05, 0.1) is 6.61 Å². The van der Waals surface area contributed by atoms with Gasteiger partial charge < -0.3 is 15.4 Å². The molecule has 1 amide bonds. The lowest BCUT2D eigenvalue weighted by atomic mass is 10.3. The summed E-state index contributed by atoms with van der Waals surface area (Å²) in [6.07, 6.45) is 1.29. The molecule has 0 atom stereocenters. The molecule has 0 aliphatic carbocycles. The van der Waals surface area contributed by atoms with Gasteiger partial charge in [-0.2, -0.15) is 0 Å². The first kappa shape index (κ1) is 14.9. The van der Waals surface area contributed by atoms with Crippen LogP contribution in [0.15, 0.2) is 36.7 Å². The lowest BCUT2D eigenvalue weighted by Crippen LogP contribution is -2.15. The molecule has 2 rings (SSSR count). The van der Waals surface area contributed by atoms with E-state index < -0.39 is 11.7 Å². The Bertz CT molecular complexity index is 621. The smallest absolute Gasteiger partial charge is 0.274 e. The normalized spacial score (nSPS) is 10.2. The maximum atomic E-state index is 13.1. The van der Waals surface area contributed by atoms with Crippen molar-refractivity contribution in [3.8, 4) is 0 Å². The molecule has 21 heavy (non-hydrogen) atoms. The first-order chi connectivity index (χ1) is 10.2.